The van der Waals surface area contributed by atoms with Gasteiger partial charge in [0.2, 0.25) is 11.8 Å². The van der Waals surface area contributed by atoms with Crippen LogP contribution >= 0.6 is 0 Å². The average molecular weight is 447 g/mol. The summed E-state index contributed by atoms with van der Waals surface area (Å²) in [4.78, 5) is 34.4. The van der Waals surface area contributed by atoms with E-state index in [1.165, 1.54) is 11.1 Å². The van der Waals surface area contributed by atoms with E-state index in [0.29, 0.717) is 18.9 Å². The highest BCUT2D eigenvalue weighted by molar-refractivity contribution is 5.96. The van der Waals surface area contributed by atoms with Crippen molar-refractivity contribution in [1.82, 2.24) is 9.80 Å². The Balaban J connectivity index is 1.06. The van der Waals surface area contributed by atoms with Gasteiger partial charge < -0.3 is 14.7 Å². The van der Waals surface area contributed by atoms with Gasteiger partial charge >= 0.3 is 0 Å². The summed E-state index contributed by atoms with van der Waals surface area (Å²) in [6, 6.07) is 16.9. The van der Waals surface area contributed by atoms with Gasteiger partial charge in [-0.25, -0.2) is 0 Å². The lowest BCUT2D eigenvalue weighted by atomic mass is 10.1. The van der Waals surface area contributed by atoms with Crippen molar-refractivity contribution in [3.8, 4) is 0 Å². The van der Waals surface area contributed by atoms with Gasteiger partial charge in [0.05, 0.1) is 0 Å². The Kier molecular flexibility index (Phi) is 6.47. The summed E-state index contributed by atoms with van der Waals surface area (Å²) >= 11 is 0. The molecular weight excluding hydrogens is 412 g/mol. The third-order valence-electron chi connectivity index (χ3n) is 7.48. The first-order valence-electron chi connectivity index (χ1n) is 12.3. The second-order valence-electron chi connectivity index (χ2n) is 9.53. The van der Waals surface area contributed by atoms with Crippen molar-refractivity contribution in [1.29, 1.82) is 0 Å². The predicted octanol–water partition coefficient (Wildman–Crippen LogP) is 2.95. The fourth-order valence-electron chi connectivity index (χ4n) is 5.56. The number of hydrogen-bond acceptors (Lipinski definition) is 4. The SMILES string of the molecule is CC1CN(CCC(=O)N2CCc3ccccc32)CCN1CCC(=O)N1CCc2ccccc21. The molecular formula is C27H34N4O2. The number of nitrogens with zero attached hydrogens (tertiary/aromatic N) is 4. The third kappa shape index (κ3) is 4.68. The zero-order valence-electron chi connectivity index (χ0n) is 19.6. The molecule has 174 valence electrons. The zero-order valence-corrected chi connectivity index (χ0v) is 19.6. The first kappa shape index (κ1) is 22.1. The van der Waals surface area contributed by atoms with Crippen LogP contribution in [-0.2, 0) is 22.4 Å². The van der Waals surface area contributed by atoms with Gasteiger partial charge in [-0.05, 0) is 43.0 Å². The minimum absolute atomic E-state index is 0.228. The van der Waals surface area contributed by atoms with E-state index in [9.17, 15) is 9.59 Å². The maximum atomic E-state index is 12.9. The first-order chi connectivity index (χ1) is 16.1. The molecule has 0 aromatic heterocycles. The molecule has 1 atom stereocenters. The highest BCUT2D eigenvalue weighted by Gasteiger charge is 2.29. The lowest BCUT2D eigenvalue weighted by molar-refractivity contribution is -0.120. The summed E-state index contributed by atoms with van der Waals surface area (Å²) in [5.74, 6) is 0.456. The normalized spacial score (nSPS) is 20.7. The number of carbonyl (C=O) groups excluding carboxylic acids is 2. The van der Waals surface area contributed by atoms with E-state index < -0.39 is 0 Å². The van der Waals surface area contributed by atoms with Crippen LogP contribution in [-0.4, -0.2) is 73.5 Å². The van der Waals surface area contributed by atoms with Crippen LogP contribution in [0.1, 0.15) is 30.9 Å². The van der Waals surface area contributed by atoms with Crippen molar-refractivity contribution < 1.29 is 9.59 Å². The van der Waals surface area contributed by atoms with Crippen LogP contribution in [0.2, 0.25) is 0 Å². The van der Waals surface area contributed by atoms with Gasteiger partial charge in [-0.1, -0.05) is 36.4 Å². The van der Waals surface area contributed by atoms with Crippen molar-refractivity contribution in [2.45, 2.75) is 38.6 Å². The fourth-order valence-corrected chi connectivity index (χ4v) is 5.56. The highest BCUT2D eigenvalue weighted by atomic mass is 16.2. The molecule has 2 aromatic rings. The molecule has 3 aliphatic heterocycles. The van der Waals surface area contributed by atoms with E-state index in [-0.39, 0.29) is 11.8 Å². The third-order valence-corrected chi connectivity index (χ3v) is 7.48. The van der Waals surface area contributed by atoms with Crippen molar-refractivity contribution >= 4 is 23.2 Å². The maximum absolute atomic E-state index is 12.9. The molecule has 1 unspecified atom stereocenters. The molecule has 5 rings (SSSR count). The van der Waals surface area contributed by atoms with Crippen LogP contribution in [0, 0.1) is 0 Å². The number of amides is 2. The molecule has 2 amide bonds. The van der Waals surface area contributed by atoms with Crippen molar-refractivity contribution in [3.63, 3.8) is 0 Å². The molecule has 0 bridgehead atoms. The number of fused-ring (bicyclic) bond motifs is 2. The van der Waals surface area contributed by atoms with Gasteiger partial charge in [-0.2, -0.15) is 0 Å². The predicted molar refractivity (Wildman–Crippen MR) is 132 cm³/mol. The van der Waals surface area contributed by atoms with Crippen molar-refractivity contribution in [2.24, 2.45) is 0 Å². The number of benzene rings is 2. The summed E-state index contributed by atoms with van der Waals surface area (Å²) in [6.45, 7) is 8.30. The van der Waals surface area contributed by atoms with E-state index in [2.05, 4.69) is 41.0 Å². The van der Waals surface area contributed by atoms with Crippen LogP contribution < -0.4 is 9.80 Å². The zero-order chi connectivity index (χ0) is 22.8. The van der Waals surface area contributed by atoms with Crippen molar-refractivity contribution in [2.75, 3.05) is 55.6 Å². The number of para-hydroxylation sites is 2. The molecule has 3 aliphatic rings. The molecule has 0 saturated carbocycles. The van der Waals surface area contributed by atoms with Gasteiger partial charge in [0.1, 0.15) is 0 Å². The molecule has 6 nitrogen and oxygen atoms in total. The van der Waals surface area contributed by atoms with E-state index >= 15 is 0 Å². The van der Waals surface area contributed by atoms with E-state index in [1.54, 1.807) is 0 Å². The summed E-state index contributed by atoms with van der Waals surface area (Å²) in [6.07, 6.45) is 3.04. The van der Waals surface area contributed by atoms with Gasteiger partial charge in [0.15, 0.2) is 0 Å². The molecule has 0 aliphatic carbocycles. The smallest absolute Gasteiger partial charge is 0.228 e. The van der Waals surface area contributed by atoms with Crippen molar-refractivity contribution in [3.05, 3.63) is 59.7 Å². The standard InChI is InChI=1S/C27H34N4O2/c1-21-20-28(14-12-26(32)30-16-10-22-6-2-4-8-24(22)30)18-19-29(21)15-13-27(33)31-17-11-23-7-3-5-9-25(23)31/h2-9,21H,10-20H2,1H3. The highest BCUT2D eigenvalue weighted by Crippen LogP contribution is 2.29. The molecule has 2 aromatic carbocycles. The minimum Gasteiger partial charge on any atom is -0.312 e. The molecule has 1 fully saturated rings. The monoisotopic (exact) mass is 446 g/mol. The van der Waals surface area contributed by atoms with Crippen LogP contribution in [0.15, 0.2) is 48.5 Å². The topological polar surface area (TPSA) is 47.1 Å². The van der Waals surface area contributed by atoms with Gasteiger partial charge in [0, 0.05) is 76.1 Å². The van der Waals surface area contributed by atoms with Crippen LogP contribution in [0.3, 0.4) is 0 Å². The Labute approximate surface area is 196 Å². The summed E-state index contributed by atoms with van der Waals surface area (Å²) in [5, 5.41) is 0. The minimum atomic E-state index is 0.228. The van der Waals surface area contributed by atoms with Gasteiger partial charge in [0.25, 0.3) is 0 Å². The number of hydrogen-bond donors (Lipinski definition) is 0. The Hall–Kier alpha value is -2.70. The van der Waals surface area contributed by atoms with E-state index in [0.717, 1.165) is 70.0 Å². The lowest BCUT2D eigenvalue weighted by Crippen LogP contribution is -2.53. The van der Waals surface area contributed by atoms with E-state index in [1.807, 2.05) is 34.1 Å². The molecule has 0 N–H and O–H groups in total. The number of rotatable bonds is 6. The Morgan fingerprint density at radius 3 is 1.88 bits per heavy atom. The Morgan fingerprint density at radius 2 is 1.30 bits per heavy atom. The average Bonchev–Trinajstić information content (AvgIpc) is 3.46. The molecule has 0 radical (unpaired) electrons. The molecule has 1 saturated heterocycles. The Bertz CT molecular complexity index is 1020. The van der Waals surface area contributed by atoms with E-state index in [4.69, 9.17) is 0 Å². The number of piperazine rings is 1. The maximum Gasteiger partial charge on any atom is 0.228 e. The van der Waals surface area contributed by atoms with Gasteiger partial charge in [-0.15, -0.1) is 0 Å². The molecule has 33 heavy (non-hydrogen) atoms. The molecule has 6 heteroatoms. The second kappa shape index (κ2) is 9.65. The lowest BCUT2D eigenvalue weighted by Gasteiger charge is -2.40. The largest absolute Gasteiger partial charge is 0.312 e. The van der Waals surface area contributed by atoms with Crippen LogP contribution in [0.4, 0.5) is 11.4 Å². The van der Waals surface area contributed by atoms with Gasteiger partial charge in [-0.3, -0.25) is 14.5 Å². The quantitative estimate of drug-likeness (QED) is 0.685. The first-order valence-corrected chi connectivity index (χ1v) is 12.3. The van der Waals surface area contributed by atoms with Crippen LogP contribution in [0.25, 0.3) is 0 Å². The summed E-state index contributed by atoms with van der Waals surface area (Å²) < 4.78 is 0. The summed E-state index contributed by atoms with van der Waals surface area (Å²) in [5.41, 5.74) is 4.73. The number of anilines is 2. The fraction of sp³-hybridized carbons (Fsp3) is 0.481. The van der Waals surface area contributed by atoms with Crippen LogP contribution in [0.5, 0.6) is 0 Å². The Morgan fingerprint density at radius 1 is 0.758 bits per heavy atom. The molecule has 0 spiro atoms. The number of carbonyl (C=O) groups is 2. The second-order valence-corrected chi connectivity index (χ2v) is 9.53. The summed E-state index contributed by atoms with van der Waals surface area (Å²) in [7, 11) is 0. The molecule has 3 heterocycles.